The van der Waals surface area contributed by atoms with Gasteiger partial charge in [0.15, 0.2) is 5.82 Å². The Labute approximate surface area is 146 Å². The quantitative estimate of drug-likeness (QED) is 0.824. The van der Waals surface area contributed by atoms with Crippen LogP contribution >= 0.6 is 0 Å². The Balaban J connectivity index is 1.28. The number of likely N-dealkylation sites (tertiary alicyclic amines) is 1. The number of hydrogen-bond donors (Lipinski definition) is 0. The molecule has 0 aliphatic carbocycles. The third kappa shape index (κ3) is 3.34. The highest BCUT2D eigenvalue weighted by Crippen LogP contribution is 2.40. The molecule has 2 aromatic rings. The highest BCUT2D eigenvalue weighted by atomic mass is 19.1. The lowest BCUT2D eigenvalue weighted by Gasteiger charge is -2.51. The van der Waals surface area contributed by atoms with Gasteiger partial charge in [0.1, 0.15) is 0 Å². The molecular formula is C18H22FN5O. The van der Waals surface area contributed by atoms with Gasteiger partial charge in [-0.05, 0) is 37.1 Å². The Bertz CT molecular complexity index is 705. The molecule has 0 unspecified atom stereocenters. The van der Waals surface area contributed by atoms with E-state index < -0.39 is 5.82 Å². The molecule has 2 saturated heterocycles. The first kappa shape index (κ1) is 16.4. The Hall–Kier alpha value is -2.12. The van der Waals surface area contributed by atoms with Gasteiger partial charge >= 0.3 is 0 Å². The summed E-state index contributed by atoms with van der Waals surface area (Å²) in [4.78, 5) is 16.7. The summed E-state index contributed by atoms with van der Waals surface area (Å²) in [6.07, 6.45) is 7.13. The van der Waals surface area contributed by atoms with Crippen molar-refractivity contribution in [3.8, 4) is 0 Å². The van der Waals surface area contributed by atoms with Crippen LogP contribution in [0, 0.1) is 11.7 Å². The number of halogens is 1. The molecule has 0 saturated carbocycles. The molecule has 0 radical (unpaired) electrons. The van der Waals surface area contributed by atoms with Gasteiger partial charge in [0.2, 0.25) is 5.95 Å². The van der Waals surface area contributed by atoms with Crippen molar-refractivity contribution in [1.29, 1.82) is 0 Å². The first-order chi connectivity index (χ1) is 12.1. The molecule has 1 atom stereocenters. The zero-order valence-electron chi connectivity index (χ0n) is 14.3. The number of anilines is 1. The minimum absolute atomic E-state index is 0.169. The second kappa shape index (κ2) is 6.65. The van der Waals surface area contributed by atoms with E-state index in [0.29, 0.717) is 18.5 Å². The van der Waals surface area contributed by atoms with Gasteiger partial charge in [0.05, 0.1) is 31.1 Å². The van der Waals surface area contributed by atoms with Gasteiger partial charge in [-0.25, -0.2) is 14.4 Å². The molecule has 4 rings (SSSR count). The number of likely N-dealkylation sites (N-methyl/N-ethyl adjacent to an activating group) is 1. The third-order valence-corrected chi connectivity index (χ3v) is 5.24. The average Bonchev–Trinajstić information content (AvgIpc) is 2.92. The van der Waals surface area contributed by atoms with E-state index in [1.54, 1.807) is 12.4 Å². The number of nitrogens with zero attached hydrogens (tertiary/aromatic N) is 5. The second-order valence-corrected chi connectivity index (χ2v) is 7.10. The van der Waals surface area contributed by atoms with Crippen LogP contribution in [0.3, 0.4) is 0 Å². The largest absolute Gasteiger partial charge is 0.376 e. The van der Waals surface area contributed by atoms with Crippen molar-refractivity contribution in [3.05, 3.63) is 48.3 Å². The highest BCUT2D eigenvalue weighted by molar-refractivity contribution is 5.38. The van der Waals surface area contributed by atoms with Crippen LogP contribution in [-0.4, -0.2) is 58.7 Å². The Morgan fingerprint density at radius 1 is 1.24 bits per heavy atom. The minimum atomic E-state index is -0.400. The predicted molar refractivity (Wildman–Crippen MR) is 91.6 cm³/mol. The number of rotatable bonds is 5. The van der Waals surface area contributed by atoms with Crippen molar-refractivity contribution in [2.45, 2.75) is 18.6 Å². The molecule has 2 aromatic heterocycles. The van der Waals surface area contributed by atoms with Gasteiger partial charge in [-0.15, -0.1) is 0 Å². The van der Waals surface area contributed by atoms with E-state index >= 15 is 0 Å². The zero-order valence-corrected chi connectivity index (χ0v) is 14.3. The van der Waals surface area contributed by atoms with Gasteiger partial charge in [-0.3, -0.25) is 9.88 Å². The van der Waals surface area contributed by atoms with Gasteiger partial charge in [-0.1, -0.05) is 0 Å². The van der Waals surface area contributed by atoms with Crippen molar-refractivity contribution in [3.63, 3.8) is 0 Å². The van der Waals surface area contributed by atoms with Gasteiger partial charge in [-0.2, -0.15) is 0 Å². The topological polar surface area (TPSA) is 54.4 Å². The van der Waals surface area contributed by atoms with E-state index in [9.17, 15) is 4.39 Å². The number of hydrogen-bond acceptors (Lipinski definition) is 6. The van der Waals surface area contributed by atoms with Crippen molar-refractivity contribution in [2.75, 3.05) is 38.2 Å². The van der Waals surface area contributed by atoms with Gasteiger partial charge in [0, 0.05) is 32.0 Å². The fourth-order valence-electron chi connectivity index (χ4n) is 3.92. The predicted octanol–water partition coefficient (Wildman–Crippen LogP) is 1.74. The fourth-order valence-corrected chi connectivity index (χ4v) is 3.92. The number of aromatic nitrogens is 3. The van der Waals surface area contributed by atoms with Crippen LogP contribution in [-0.2, 0) is 11.3 Å². The van der Waals surface area contributed by atoms with Crippen LogP contribution < -0.4 is 4.90 Å². The maximum Gasteiger partial charge on any atom is 0.225 e. The van der Waals surface area contributed by atoms with E-state index in [4.69, 9.17) is 4.74 Å². The van der Waals surface area contributed by atoms with Crippen LogP contribution in [0.4, 0.5) is 10.3 Å². The maximum absolute atomic E-state index is 13.0. The molecular weight excluding hydrogens is 321 g/mol. The number of pyridine rings is 1. The van der Waals surface area contributed by atoms with E-state index in [1.165, 1.54) is 12.4 Å². The molecule has 2 aliphatic heterocycles. The minimum Gasteiger partial charge on any atom is -0.376 e. The van der Waals surface area contributed by atoms with Gasteiger partial charge < -0.3 is 9.64 Å². The first-order valence-corrected chi connectivity index (χ1v) is 8.55. The standard InChI is InChI=1S/C18H22FN5O/c1-23-9-15(11-25-10-14-2-4-20-5-3-14)6-18(23)12-24(13-18)17-21-7-16(19)8-22-17/h2-5,7-8,15H,6,9-13H2,1H3/t15-/m1/s1. The second-order valence-electron chi connectivity index (χ2n) is 7.10. The molecule has 4 heterocycles. The lowest BCUT2D eigenvalue weighted by molar-refractivity contribution is 0.0890. The summed E-state index contributed by atoms with van der Waals surface area (Å²) >= 11 is 0. The summed E-state index contributed by atoms with van der Waals surface area (Å²) in [6.45, 7) is 4.20. The lowest BCUT2D eigenvalue weighted by atomic mass is 9.85. The molecule has 132 valence electrons. The molecule has 25 heavy (non-hydrogen) atoms. The first-order valence-electron chi connectivity index (χ1n) is 8.55. The monoisotopic (exact) mass is 343 g/mol. The lowest BCUT2D eigenvalue weighted by Crippen LogP contribution is -2.67. The summed E-state index contributed by atoms with van der Waals surface area (Å²) < 4.78 is 18.9. The SMILES string of the molecule is CN1C[C@H](COCc2ccncc2)CC12CN(c1ncc(F)cn1)C2. The summed E-state index contributed by atoms with van der Waals surface area (Å²) in [5.74, 6) is 0.740. The van der Waals surface area contributed by atoms with Crippen molar-refractivity contribution in [2.24, 2.45) is 5.92 Å². The number of ether oxygens (including phenoxy) is 1. The summed E-state index contributed by atoms with van der Waals surface area (Å²) in [5.41, 5.74) is 1.32. The molecule has 7 heteroatoms. The molecule has 2 aliphatic rings. The molecule has 1 spiro atoms. The van der Waals surface area contributed by atoms with Crippen LogP contribution in [0.15, 0.2) is 36.9 Å². The molecule has 6 nitrogen and oxygen atoms in total. The smallest absolute Gasteiger partial charge is 0.225 e. The van der Waals surface area contributed by atoms with E-state index in [1.807, 2.05) is 12.1 Å². The Kier molecular flexibility index (Phi) is 4.35. The van der Waals surface area contributed by atoms with E-state index in [-0.39, 0.29) is 5.54 Å². The highest BCUT2D eigenvalue weighted by Gasteiger charge is 2.52. The molecule has 0 amide bonds. The van der Waals surface area contributed by atoms with Crippen LogP contribution in [0.1, 0.15) is 12.0 Å². The zero-order chi connectivity index (χ0) is 17.3. The van der Waals surface area contributed by atoms with E-state index in [0.717, 1.165) is 38.2 Å². The molecule has 0 N–H and O–H groups in total. The fraction of sp³-hybridized carbons (Fsp3) is 0.500. The normalized spacial score (nSPS) is 22.3. The van der Waals surface area contributed by atoms with Crippen molar-refractivity contribution in [1.82, 2.24) is 19.9 Å². The summed E-state index contributed by atoms with van der Waals surface area (Å²) in [5, 5.41) is 0. The molecule has 2 fully saturated rings. The molecule has 0 aromatic carbocycles. The Morgan fingerprint density at radius 3 is 2.68 bits per heavy atom. The van der Waals surface area contributed by atoms with Crippen LogP contribution in [0.5, 0.6) is 0 Å². The maximum atomic E-state index is 13.0. The summed E-state index contributed by atoms with van der Waals surface area (Å²) in [6, 6.07) is 3.96. The molecule has 0 bridgehead atoms. The van der Waals surface area contributed by atoms with E-state index in [2.05, 4.69) is 31.8 Å². The van der Waals surface area contributed by atoms with Crippen LogP contribution in [0.2, 0.25) is 0 Å². The van der Waals surface area contributed by atoms with Crippen LogP contribution in [0.25, 0.3) is 0 Å². The third-order valence-electron chi connectivity index (χ3n) is 5.24. The average molecular weight is 343 g/mol. The van der Waals surface area contributed by atoms with Crippen molar-refractivity contribution < 1.29 is 9.13 Å². The summed E-state index contributed by atoms with van der Waals surface area (Å²) in [7, 11) is 2.17. The Morgan fingerprint density at radius 2 is 1.96 bits per heavy atom. The van der Waals surface area contributed by atoms with Gasteiger partial charge in [0.25, 0.3) is 0 Å². The van der Waals surface area contributed by atoms with Crippen molar-refractivity contribution >= 4 is 5.95 Å².